The average Bonchev–Trinajstić information content (AvgIpc) is 3.15. The maximum absolute atomic E-state index is 13.3. The Kier molecular flexibility index (Phi) is 11.5. The molecule has 0 fully saturated rings. The molecule has 1 heterocycles. The quantitative estimate of drug-likeness (QED) is 0.340. The largest absolute Gasteiger partial charge is 0.345 e. The Balaban J connectivity index is 3.12. The number of carbonyl (C=O) groups excluding carboxylic acids is 2. The van der Waals surface area contributed by atoms with Crippen LogP contribution in [0, 0.1) is 17.8 Å². The van der Waals surface area contributed by atoms with Crippen molar-refractivity contribution in [2.75, 3.05) is 7.05 Å². The molecular formula is C19H27Cl6N3O2S. The van der Waals surface area contributed by atoms with Crippen molar-refractivity contribution in [2.45, 2.75) is 60.2 Å². The number of rotatable bonds is 9. The van der Waals surface area contributed by atoms with Crippen LogP contribution in [-0.4, -0.2) is 42.4 Å². The fourth-order valence-electron chi connectivity index (χ4n) is 2.76. The number of likely N-dealkylation sites (N-methyl/N-ethyl adjacent to an activating group) is 1. The van der Waals surface area contributed by atoms with Crippen LogP contribution in [0.3, 0.4) is 0 Å². The maximum Gasteiger partial charge on any atom is 0.243 e. The molecule has 0 aliphatic rings. The normalized spacial score (nSPS) is 16.5. The highest BCUT2D eigenvalue weighted by Gasteiger charge is 2.38. The third-order valence-corrected chi connectivity index (χ3v) is 8.11. The number of nitrogens with one attached hydrogen (secondary N) is 1. The fourth-order valence-corrected chi connectivity index (χ4v) is 4.12. The lowest BCUT2D eigenvalue weighted by Crippen LogP contribution is -2.51. The van der Waals surface area contributed by atoms with Gasteiger partial charge in [-0.3, -0.25) is 9.59 Å². The van der Waals surface area contributed by atoms with Gasteiger partial charge in [0.25, 0.3) is 0 Å². The van der Waals surface area contributed by atoms with Crippen LogP contribution in [-0.2, 0) is 9.59 Å². The second kappa shape index (κ2) is 12.1. The van der Waals surface area contributed by atoms with Gasteiger partial charge < -0.3 is 10.2 Å². The Morgan fingerprint density at radius 3 is 2.03 bits per heavy atom. The van der Waals surface area contributed by atoms with Gasteiger partial charge >= 0.3 is 0 Å². The molecule has 0 radical (unpaired) electrons. The van der Waals surface area contributed by atoms with Gasteiger partial charge in [0.05, 0.1) is 6.04 Å². The molecule has 0 spiro atoms. The van der Waals surface area contributed by atoms with E-state index in [9.17, 15) is 9.59 Å². The summed E-state index contributed by atoms with van der Waals surface area (Å²) in [5.41, 5.74) is 0. The Morgan fingerprint density at radius 2 is 1.61 bits per heavy atom. The minimum Gasteiger partial charge on any atom is -0.345 e. The van der Waals surface area contributed by atoms with E-state index in [4.69, 9.17) is 69.6 Å². The van der Waals surface area contributed by atoms with Crippen LogP contribution in [0.15, 0.2) is 11.6 Å². The Labute approximate surface area is 218 Å². The molecule has 0 saturated carbocycles. The molecule has 1 aromatic rings. The van der Waals surface area contributed by atoms with Gasteiger partial charge in [0, 0.05) is 36.9 Å². The van der Waals surface area contributed by atoms with E-state index in [1.165, 1.54) is 23.3 Å². The predicted molar refractivity (Wildman–Crippen MR) is 133 cm³/mol. The number of thiazole rings is 1. The highest BCUT2D eigenvalue weighted by molar-refractivity contribution is 7.09. The fraction of sp³-hybridized carbons (Fsp3) is 0.737. The topological polar surface area (TPSA) is 62.3 Å². The van der Waals surface area contributed by atoms with E-state index in [1.54, 1.807) is 20.0 Å². The summed E-state index contributed by atoms with van der Waals surface area (Å²) < 4.78 is -3.20. The maximum atomic E-state index is 13.3. The smallest absolute Gasteiger partial charge is 0.243 e. The predicted octanol–water partition coefficient (Wildman–Crippen LogP) is 6.58. The highest BCUT2D eigenvalue weighted by atomic mass is 35.6. The molecule has 31 heavy (non-hydrogen) atoms. The molecule has 178 valence electrons. The Bertz CT molecular complexity index is 721. The van der Waals surface area contributed by atoms with Gasteiger partial charge in [-0.2, -0.15) is 0 Å². The molecule has 0 aliphatic carbocycles. The Hall–Kier alpha value is 0.310. The van der Waals surface area contributed by atoms with Gasteiger partial charge in [0.1, 0.15) is 11.0 Å². The molecule has 1 N–H and O–H groups in total. The first-order valence-corrected chi connectivity index (χ1v) is 12.8. The lowest BCUT2D eigenvalue weighted by Gasteiger charge is -2.34. The minimum absolute atomic E-state index is 0.0565. The van der Waals surface area contributed by atoms with Gasteiger partial charge in [0.15, 0.2) is 7.59 Å². The number of amides is 2. The first kappa shape index (κ1) is 29.3. The molecule has 5 nitrogen and oxygen atoms in total. The van der Waals surface area contributed by atoms with Crippen molar-refractivity contribution < 1.29 is 9.59 Å². The summed E-state index contributed by atoms with van der Waals surface area (Å²) >= 11 is 37.2. The van der Waals surface area contributed by atoms with Crippen LogP contribution in [0.5, 0.6) is 0 Å². The summed E-state index contributed by atoms with van der Waals surface area (Å²) in [6.45, 7) is 7.30. The van der Waals surface area contributed by atoms with Gasteiger partial charge in [-0.25, -0.2) is 4.98 Å². The summed E-state index contributed by atoms with van der Waals surface area (Å²) in [7, 11) is 1.52. The third kappa shape index (κ3) is 9.23. The summed E-state index contributed by atoms with van der Waals surface area (Å²) in [6.07, 6.45) is 1.76. The second-order valence-electron chi connectivity index (χ2n) is 7.95. The van der Waals surface area contributed by atoms with E-state index in [0.717, 1.165) is 5.01 Å². The number of halogens is 6. The van der Waals surface area contributed by atoms with Crippen LogP contribution in [0.1, 0.15) is 51.6 Å². The van der Waals surface area contributed by atoms with Crippen molar-refractivity contribution in [3.63, 3.8) is 0 Å². The first-order valence-electron chi connectivity index (χ1n) is 9.64. The van der Waals surface area contributed by atoms with E-state index in [0.29, 0.717) is 0 Å². The number of aromatic nitrogens is 1. The van der Waals surface area contributed by atoms with E-state index < -0.39 is 25.5 Å². The SMILES string of the molecule is CC(C)C(NC(=O)[C@H](C[C@H](C)C(Cl)(Cl)Cl)N(C)C(=O)C[C@H](C)C(Cl)(Cl)Cl)c1nccs1. The van der Waals surface area contributed by atoms with Crippen molar-refractivity contribution >= 4 is 92.8 Å². The van der Waals surface area contributed by atoms with Crippen LogP contribution < -0.4 is 5.32 Å². The molecular weight excluding hydrogens is 547 g/mol. The van der Waals surface area contributed by atoms with Crippen molar-refractivity contribution in [1.29, 1.82) is 0 Å². The first-order chi connectivity index (χ1) is 14.1. The van der Waals surface area contributed by atoms with E-state index in [-0.39, 0.29) is 36.6 Å². The summed E-state index contributed by atoms with van der Waals surface area (Å²) in [5, 5.41) is 5.62. The monoisotopic (exact) mass is 571 g/mol. The molecule has 0 bridgehead atoms. The number of carbonyl (C=O) groups is 2. The Morgan fingerprint density at radius 1 is 1.06 bits per heavy atom. The molecule has 0 aliphatic heterocycles. The van der Waals surface area contributed by atoms with E-state index in [1.807, 2.05) is 19.2 Å². The molecule has 12 heteroatoms. The van der Waals surface area contributed by atoms with E-state index in [2.05, 4.69) is 10.3 Å². The summed E-state index contributed by atoms with van der Waals surface area (Å²) in [6, 6.07) is -1.21. The number of nitrogens with zero attached hydrogens (tertiary/aromatic N) is 2. The zero-order chi connectivity index (χ0) is 24.1. The lowest BCUT2D eigenvalue weighted by molar-refractivity contribution is -0.140. The summed E-state index contributed by atoms with van der Waals surface area (Å²) in [5.74, 6) is -1.71. The van der Waals surface area contributed by atoms with Crippen LogP contribution in [0.25, 0.3) is 0 Å². The molecule has 2 amide bonds. The zero-order valence-corrected chi connectivity index (χ0v) is 23.2. The average molecular weight is 574 g/mol. The summed E-state index contributed by atoms with van der Waals surface area (Å²) in [4.78, 5) is 31.8. The molecule has 1 unspecified atom stereocenters. The number of alkyl halides is 6. The van der Waals surface area contributed by atoms with Crippen molar-refractivity contribution in [3.8, 4) is 0 Å². The lowest BCUT2D eigenvalue weighted by atomic mass is 9.98. The number of hydrogen-bond acceptors (Lipinski definition) is 4. The van der Waals surface area contributed by atoms with Crippen LogP contribution in [0.4, 0.5) is 0 Å². The van der Waals surface area contributed by atoms with Gasteiger partial charge in [0.2, 0.25) is 11.8 Å². The molecule has 1 aromatic heterocycles. The van der Waals surface area contributed by atoms with E-state index >= 15 is 0 Å². The third-order valence-electron chi connectivity index (χ3n) is 5.02. The van der Waals surface area contributed by atoms with Crippen LogP contribution >= 0.6 is 80.9 Å². The molecule has 0 saturated heterocycles. The van der Waals surface area contributed by atoms with Crippen LogP contribution in [0.2, 0.25) is 0 Å². The van der Waals surface area contributed by atoms with Crippen molar-refractivity contribution in [2.24, 2.45) is 17.8 Å². The minimum atomic E-state index is -1.60. The highest BCUT2D eigenvalue weighted by Crippen LogP contribution is 2.39. The van der Waals surface area contributed by atoms with Crippen molar-refractivity contribution in [1.82, 2.24) is 15.2 Å². The number of hydrogen-bond donors (Lipinski definition) is 1. The van der Waals surface area contributed by atoms with Crippen molar-refractivity contribution in [3.05, 3.63) is 16.6 Å². The van der Waals surface area contributed by atoms with Gasteiger partial charge in [-0.05, 0) is 12.3 Å². The zero-order valence-electron chi connectivity index (χ0n) is 17.8. The van der Waals surface area contributed by atoms with Gasteiger partial charge in [-0.15, -0.1) is 11.3 Å². The molecule has 4 atom stereocenters. The standard InChI is InChI=1S/C19H27Cl6N3O2S/c1-10(2)15(17-26-6-7-31-17)27-16(30)13(8-11(3)18(20,21)22)28(5)14(29)9-12(4)19(23,24)25/h6-7,10-13,15H,8-9H2,1-5H3,(H,27,30)/t11-,12-,13-,15?/m0/s1. The van der Waals surface area contributed by atoms with Gasteiger partial charge in [-0.1, -0.05) is 97.3 Å². The second-order valence-corrected chi connectivity index (χ2v) is 13.6. The molecule has 1 rings (SSSR count). The molecule has 0 aromatic carbocycles.